The highest BCUT2D eigenvalue weighted by Gasteiger charge is 2.33. The van der Waals surface area contributed by atoms with E-state index in [0.717, 1.165) is 44.7 Å². The summed E-state index contributed by atoms with van der Waals surface area (Å²) in [5.41, 5.74) is -0.223. The van der Waals surface area contributed by atoms with Gasteiger partial charge in [0, 0.05) is 51.5 Å². The second-order valence-corrected chi connectivity index (χ2v) is 7.17. The number of halogens is 4. The van der Waals surface area contributed by atoms with Gasteiger partial charge in [-0.2, -0.15) is 18.3 Å². The van der Waals surface area contributed by atoms with Gasteiger partial charge in [-0.3, -0.25) is 9.69 Å². The number of alkyl halides is 3. The van der Waals surface area contributed by atoms with Crippen molar-refractivity contribution in [2.75, 3.05) is 39.3 Å². The Kier molecular flexibility index (Phi) is 6.50. The first-order valence-electron chi connectivity index (χ1n) is 9.39. The molecule has 1 amide bonds. The third kappa shape index (κ3) is 4.73. The van der Waals surface area contributed by atoms with E-state index in [-0.39, 0.29) is 29.7 Å². The van der Waals surface area contributed by atoms with E-state index >= 15 is 0 Å². The molecule has 1 unspecified atom stereocenters. The topological polar surface area (TPSA) is 53.4 Å². The van der Waals surface area contributed by atoms with Crippen molar-refractivity contribution in [1.82, 2.24) is 24.9 Å². The van der Waals surface area contributed by atoms with Crippen LogP contribution in [-0.4, -0.2) is 70.8 Å². The number of likely N-dealkylation sites (tertiary alicyclic amines) is 1. The molecule has 2 fully saturated rings. The van der Waals surface area contributed by atoms with Gasteiger partial charge in [0.2, 0.25) is 0 Å². The summed E-state index contributed by atoms with van der Waals surface area (Å²) >= 11 is 0. The van der Waals surface area contributed by atoms with E-state index in [0.29, 0.717) is 19.1 Å². The van der Waals surface area contributed by atoms with Gasteiger partial charge in [0.15, 0.2) is 5.69 Å². The molecule has 1 atom stereocenters. The molecule has 0 bridgehead atoms. The molecule has 0 saturated carbocycles. The average Bonchev–Trinajstić information content (AvgIpc) is 3.38. The number of carbonyl (C=O) groups is 1. The molecule has 10 heteroatoms. The van der Waals surface area contributed by atoms with Crippen LogP contribution in [0, 0.1) is 0 Å². The SMILES string of the molecule is Cl.O=C(c1ccn(-c2cccc(C(F)(F)F)c2)n1)N1CCC(N2CCNCC2)C1. The normalized spacial score (nSPS) is 20.5. The van der Waals surface area contributed by atoms with E-state index in [1.54, 1.807) is 11.0 Å². The summed E-state index contributed by atoms with van der Waals surface area (Å²) in [5.74, 6) is -0.177. The lowest BCUT2D eigenvalue weighted by Crippen LogP contribution is -2.49. The molecule has 6 nitrogen and oxygen atoms in total. The molecule has 158 valence electrons. The number of piperazine rings is 1. The van der Waals surface area contributed by atoms with Crippen molar-refractivity contribution < 1.29 is 18.0 Å². The van der Waals surface area contributed by atoms with Gasteiger partial charge in [0.25, 0.3) is 5.91 Å². The second kappa shape index (κ2) is 8.73. The standard InChI is InChI=1S/C19H22F3N5O.ClH/c20-19(21,22)14-2-1-3-15(12-14)27-9-5-17(24-27)18(28)26-8-4-16(13-26)25-10-6-23-7-11-25;/h1-3,5,9,12,16,23H,4,6-8,10-11,13H2;1H. The number of hydrogen-bond donors (Lipinski definition) is 1. The summed E-state index contributed by atoms with van der Waals surface area (Å²) in [4.78, 5) is 17.0. The van der Waals surface area contributed by atoms with Crippen LogP contribution in [-0.2, 0) is 6.18 Å². The zero-order valence-electron chi connectivity index (χ0n) is 15.7. The van der Waals surface area contributed by atoms with Gasteiger partial charge in [-0.1, -0.05) is 6.07 Å². The lowest BCUT2D eigenvalue weighted by molar-refractivity contribution is -0.137. The fourth-order valence-electron chi connectivity index (χ4n) is 3.84. The zero-order valence-corrected chi connectivity index (χ0v) is 16.5. The molecule has 2 aliphatic heterocycles. The Labute approximate surface area is 173 Å². The molecule has 0 spiro atoms. The maximum absolute atomic E-state index is 12.9. The van der Waals surface area contributed by atoms with Gasteiger partial charge >= 0.3 is 6.18 Å². The van der Waals surface area contributed by atoms with Crippen LogP contribution in [0.5, 0.6) is 0 Å². The summed E-state index contributed by atoms with van der Waals surface area (Å²) in [6.07, 6.45) is -1.97. The minimum atomic E-state index is -4.42. The summed E-state index contributed by atoms with van der Waals surface area (Å²) in [6.45, 7) is 5.23. The minimum absolute atomic E-state index is 0. The number of nitrogens with zero attached hydrogens (tertiary/aromatic N) is 4. The molecule has 2 aliphatic rings. The highest BCUT2D eigenvalue weighted by molar-refractivity contribution is 5.92. The largest absolute Gasteiger partial charge is 0.416 e. The van der Waals surface area contributed by atoms with E-state index in [1.807, 2.05) is 0 Å². The molecule has 0 radical (unpaired) electrons. The minimum Gasteiger partial charge on any atom is -0.336 e. The third-order valence-electron chi connectivity index (χ3n) is 5.36. The van der Waals surface area contributed by atoms with Crippen molar-refractivity contribution in [2.24, 2.45) is 0 Å². The highest BCUT2D eigenvalue weighted by atomic mass is 35.5. The first-order valence-corrected chi connectivity index (χ1v) is 9.39. The van der Waals surface area contributed by atoms with Gasteiger partial charge in [-0.15, -0.1) is 12.4 Å². The van der Waals surface area contributed by atoms with Crippen LogP contribution >= 0.6 is 12.4 Å². The molecule has 29 heavy (non-hydrogen) atoms. The first-order chi connectivity index (χ1) is 13.4. The molecule has 1 aromatic carbocycles. The zero-order chi connectivity index (χ0) is 19.7. The van der Waals surface area contributed by atoms with Crippen molar-refractivity contribution in [3.05, 3.63) is 47.8 Å². The molecule has 1 N–H and O–H groups in total. The summed E-state index contributed by atoms with van der Waals surface area (Å²) in [6, 6.07) is 6.82. The van der Waals surface area contributed by atoms with Crippen LogP contribution in [0.15, 0.2) is 36.5 Å². The third-order valence-corrected chi connectivity index (χ3v) is 5.36. The molecule has 2 aromatic rings. The van der Waals surface area contributed by atoms with Crippen LogP contribution in [0.25, 0.3) is 5.69 Å². The van der Waals surface area contributed by atoms with E-state index < -0.39 is 11.7 Å². The van der Waals surface area contributed by atoms with Gasteiger partial charge < -0.3 is 10.2 Å². The van der Waals surface area contributed by atoms with Gasteiger partial charge in [0.1, 0.15) is 0 Å². The number of nitrogens with one attached hydrogen (secondary N) is 1. The monoisotopic (exact) mass is 429 g/mol. The lowest BCUT2D eigenvalue weighted by Gasteiger charge is -2.32. The number of hydrogen-bond acceptors (Lipinski definition) is 4. The molecule has 3 heterocycles. The number of aromatic nitrogens is 2. The van der Waals surface area contributed by atoms with Crippen LogP contribution in [0.3, 0.4) is 0 Å². The number of carbonyl (C=O) groups excluding carboxylic acids is 1. The Morgan fingerprint density at radius 3 is 2.62 bits per heavy atom. The predicted octanol–water partition coefficient (Wildman–Crippen LogP) is 2.43. The predicted molar refractivity (Wildman–Crippen MR) is 105 cm³/mol. The first kappa shape index (κ1) is 21.6. The van der Waals surface area contributed by atoms with Gasteiger partial charge in [0.05, 0.1) is 11.3 Å². The Balaban J connectivity index is 0.00000240. The Morgan fingerprint density at radius 2 is 1.90 bits per heavy atom. The highest BCUT2D eigenvalue weighted by Crippen LogP contribution is 2.30. The number of rotatable bonds is 3. The van der Waals surface area contributed by atoms with Gasteiger partial charge in [-0.05, 0) is 30.7 Å². The van der Waals surface area contributed by atoms with E-state index in [4.69, 9.17) is 0 Å². The van der Waals surface area contributed by atoms with Crippen LogP contribution in [0.2, 0.25) is 0 Å². The van der Waals surface area contributed by atoms with Crippen molar-refractivity contribution >= 4 is 18.3 Å². The maximum Gasteiger partial charge on any atom is 0.416 e. The maximum atomic E-state index is 12.9. The smallest absolute Gasteiger partial charge is 0.336 e. The Bertz CT molecular complexity index is 850. The van der Waals surface area contributed by atoms with Crippen LogP contribution < -0.4 is 5.32 Å². The van der Waals surface area contributed by atoms with Crippen molar-refractivity contribution in [3.63, 3.8) is 0 Å². The van der Waals surface area contributed by atoms with Crippen molar-refractivity contribution in [2.45, 2.75) is 18.6 Å². The fourth-order valence-corrected chi connectivity index (χ4v) is 3.84. The van der Waals surface area contributed by atoms with Crippen molar-refractivity contribution in [1.29, 1.82) is 0 Å². The van der Waals surface area contributed by atoms with Crippen molar-refractivity contribution in [3.8, 4) is 5.69 Å². The summed E-state index contributed by atoms with van der Waals surface area (Å²) in [7, 11) is 0. The molecular weight excluding hydrogens is 407 g/mol. The Morgan fingerprint density at radius 1 is 1.14 bits per heavy atom. The molecule has 1 aromatic heterocycles. The van der Waals surface area contributed by atoms with E-state index in [2.05, 4.69) is 15.3 Å². The lowest BCUT2D eigenvalue weighted by atomic mass is 10.2. The van der Waals surface area contributed by atoms with Gasteiger partial charge in [-0.25, -0.2) is 4.68 Å². The molecular formula is C19H23ClF3N5O. The molecule has 0 aliphatic carbocycles. The summed E-state index contributed by atoms with van der Waals surface area (Å²) in [5, 5.41) is 7.54. The summed E-state index contributed by atoms with van der Waals surface area (Å²) < 4.78 is 40.1. The molecule has 2 saturated heterocycles. The van der Waals surface area contributed by atoms with Crippen LogP contribution in [0.1, 0.15) is 22.5 Å². The fraction of sp³-hybridized carbons (Fsp3) is 0.474. The quantitative estimate of drug-likeness (QED) is 0.814. The van der Waals surface area contributed by atoms with Crippen LogP contribution in [0.4, 0.5) is 13.2 Å². The molecule has 4 rings (SSSR count). The average molecular weight is 430 g/mol. The number of amides is 1. The second-order valence-electron chi connectivity index (χ2n) is 7.17. The van der Waals surface area contributed by atoms with E-state index in [9.17, 15) is 18.0 Å². The number of benzene rings is 1. The van der Waals surface area contributed by atoms with E-state index in [1.165, 1.54) is 23.0 Å². The Hall–Kier alpha value is -2.10.